The largest absolute Gasteiger partial charge is 0.351 e. The van der Waals surface area contributed by atoms with Gasteiger partial charge >= 0.3 is 0 Å². The lowest BCUT2D eigenvalue weighted by atomic mass is 9.98. The van der Waals surface area contributed by atoms with E-state index in [1.54, 1.807) is 0 Å². The first-order valence-electron chi connectivity index (χ1n) is 7.01. The zero-order valence-corrected chi connectivity index (χ0v) is 11.8. The Hall–Kier alpha value is -0.870. The first kappa shape index (κ1) is 13.1. The summed E-state index contributed by atoms with van der Waals surface area (Å²) in [5, 5.41) is 3.96. The molecule has 3 rings (SSSR count). The van der Waals surface area contributed by atoms with Crippen LogP contribution in [0, 0.1) is 5.82 Å². The number of aromatic nitrogens is 1. The number of hydrogen-bond acceptors (Lipinski definition) is 3. The Balaban J connectivity index is 1.83. The van der Waals surface area contributed by atoms with Crippen molar-refractivity contribution < 1.29 is 4.39 Å². The monoisotopic (exact) mass is 283 g/mol. The maximum atomic E-state index is 14.0. The molecule has 2 aliphatic rings. The van der Waals surface area contributed by atoms with Crippen LogP contribution in [-0.2, 0) is 0 Å². The Morgan fingerprint density at radius 1 is 1.42 bits per heavy atom. The van der Waals surface area contributed by atoms with Crippen molar-refractivity contribution in [1.29, 1.82) is 0 Å². The molecule has 2 saturated heterocycles. The Kier molecular flexibility index (Phi) is 3.63. The van der Waals surface area contributed by atoms with Gasteiger partial charge in [0, 0.05) is 30.9 Å². The molecule has 0 radical (unpaired) electrons. The lowest BCUT2D eigenvalue weighted by Gasteiger charge is -2.38. The molecule has 0 aliphatic carbocycles. The minimum absolute atomic E-state index is 0.319. The minimum atomic E-state index is -0.319. The van der Waals surface area contributed by atoms with Crippen LogP contribution in [-0.4, -0.2) is 29.7 Å². The van der Waals surface area contributed by atoms with Gasteiger partial charge in [0.1, 0.15) is 0 Å². The van der Waals surface area contributed by atoms with Gasteiger partial charge in [-0.1, -0.05) is 11.6 Å². The SMILES string of the molecule is CCN(c1ncc(Cl)cc1F)C1CC2CCC(C1)N2. The van der Waals surface area contributed by atoms with Crippen molar-refractivity contribution in [2.45, 2.75) is 50.7 Å². The predicted octanol–water partition coefficient (Wildman–Crippen LogP) is 2.98. The molecule has 2 aliphatic heterocycles. The zero-order valence-electron chi connectivity index (χ0n) is 11.1. The molecule has 5 heteroatoms. The topological polar surface area (TPSA) is 28.2 Å². The first-order chi connectivity index (χ1) is 9.17. The highest BCUT2D eigenvalue weighted by molar-refractivity contribution is 6.30. The summed E-state index contributed by atoms with van der Waals surface area (Å²) in [6, 6.07) is 2.91. The Labute approximate surface area is 118 Å². The molecule has 1 aromatic rings. The van der Waals surface area contributed by atoms with E-state index in [1.165, 1.54) is 25.1 Å². The highest BCUT2D eigenvalue weighted by Crippen LogP contribution is 2.32. The molecule has 1 aromatic heterocycles. The van der Waals surface area contributed by atoms with Crippen LogP contribution in [0.3, 0.4) is 0 Å². The molecule has 19 heavy (non-hydrogen) atoms. The highest BCUT2D eigenvalue weighted by atomic mass is 35.5. The van der Waals surface area contributed by atoms with E-state index in [0.29, 0.717) is 29.0 Å². The van der Waals surface area contributed by atoms with E-state index in [-0.39, 0.29) is 5.82 Å². The van der Waals surface area contributed by atoms with Crippen LogP contribution in [0.5, 0.6) is 0 Å². The molecular weight excluding hydrogens is 265 g/mol. The van der Waals surface area contributed by atoms with Gasteiger partial charge in [0.2, 0.25) is 0 Å². The summed E-state index contributed by atoms with van der Waals surface area (Å²) >= 11 is 5.78. The molecule has 2 bridgehead atoms. The predicted molar refractivity (Wildman–Crippen MR) is 75.2 cm³/mol. The van der Waals surface area contributed by atoms with Crippen molar-refractivity contribution in [3.63, 3.8) is 0 Å². The van der Waals surface area contributed by atoms with Crippen LogP contribution in [0.15, 0.2) is 12.3 Å². The fourth-order valence-corrected chi connectivity index (χ4v) is 3.63. The number of nitrogens with zero attached hydrogens (tertiary/aromatic N) is 2. The normalized spacial score (nSPS) is 29.5. The number of rotatable bonds is 3. The van der Waals surface area contributed by atoms with Crippen molar-refractivity contribution in [1.82, 2.24) is 10.3 Å². The zero-order chi connectivity index (χ0) is 13.4. The van der Waals surface area contributed by atoms with Gasteiger partial charge in [-0.25, -0.2) is 9.37 Å². The number of piperidine rings is 1. The maximum absolute atomic E-state index is 14.0. The van der Waals surface area contributed by atoms with Crippen molar-refractivity contribution >= 4 is 17.4 Å². The van der Waals surface area contributed by atoms with E-state index in [0.717, 1.165) is 19.4 Å². The fraction of sp³-hybridized carbons (Fsp3) is 0.643. The molecule has 0 aromatic carbocycles. The van der Waals surface area contributed by atoms with Crippen LogP contribution in [0.25, 0.3) is 0 Å². The van der Waals surface area contributed by atoms with Crippen LogP contribution in [0.1, 0.15) is 32.6 Å². The number of fused-ring (bicyclic) bond motifs is 2. The van der Waals surface area contributed by atoms with Crippen LogP contribution >= 0.6 is 11.6 Å². The van der Waals surface area contributed by atoms with E-state index < -0.39 is 0 Å². The molecule has 1 N–H and O–H groups in total. The summed E-state index contributed by atoms with van der Waals surface area (Å²) in [7, 11) is 0. The van der Waals surface area contributed by atoms with Gasteiger partial charge in [-0.15, -0.1) is 0 Å². The summed E-state index contributed by atoms with van der Waals surface area (Å²) in [5.41, 5.74) is 0. The summed E-state index contributed by atoms with van der Waals surface area (Å²) in [5.74, 6) is 0.124. The molecule has 2 atom stereocenters. The molecule has 3 heterocycles. The van der Waals surface area contributed by atoms with Crippen molar-refractivity contribution in [3.05, 3.63) is 23.1 Å². The van der Waals surface area contributed by atoms with Crippen molar-refractivity contribution in [3.8, 4) is 0 Å². The van der Waals surface area contributed by atoms with Gasteiger partial charge in [0.05, 0.1) is 5.02 Å². The van der Waals surface area contributed by atoms with Gasteiger partial charge in [-0.05, 0) is 38.7 Å². The minimum Gasteiger partial charge on any atom is -0.351 e. The third kappa shape index (κ3) is 2.56. The van der Waals surface area contributed by atoms with Crippen molar-refractivity contribution in [2.24, 2.45) is 0 Å². The van der Waals surface area contributed by atoms with E-state index in [2.05, 4.69) is 22.1 Å². The lowest BCUT2D eigenvalue weighted by Crippen LogP contribution is -2.48. The van der Waals surface area contributed by atoms with Crippen molar-refractivity contribution in [2.75, 3.05) is 11.4 Å². The molecule has 2 fully saturated rings. The molecule has 0 amide bonds. The Bertz CT molecular complexity index is 456. The number of hydrogen-bond donors (Lipinski definition) is 1. The van der Waals surface area contributed by atoms with E-state index in [4.69, 9.17) is 11.6 Å². The standard InChI is InChI=1S/C14H19ClFN3/c1-2-19(14-13(16)5-9(15)8-17-14)12-6-10-3-4-11(7-12)18-10/h5,8,10-12,18H,2-4,6-7H2,1H3. The second-order valence-electron chi connectivity index (χ2n) is 5.51. The number of pyridine rings is 1. The van der Waals surface area contributed by atoms with Gasteiger partial charge in [0.15, 0.2) is 11.6 Å². The number of nitrogens with one attached hydrogen (secondary N) is 1. The van der Waals surface area contributed by atoms with Gasteiger partial charge in [-0.3, -0.25) is 0 Å². The number of anilines is 1. The van der Waals surface area contributed by atoms with Crippen LogP contribution < -0.4 is 10.2 Å². The second-order valence-corrected chi connectivity index (χ2v) is 5.94. The molecule has 0 spiro atoms. The molecule has 3 nitrogen and oxygen atoms in total. The Morgan fingerprint density at radius 3 is 2.68 bits per heavy atom. The summed E-state index contributed by atoms with van der Waals surface area (Å²) in [6.45, 7) is 2.83. The molecule has 2 unspecified atom stereocenters. The quantitative estimate of drug-likeness (QED) is 0.924. The van der Waals surface area contributed by atoms with Gasteiger partial charge in [-0.2, -0.15) is 0 Å². The highest BCUT2D eigenvalue weighted by Gasteiger charge is 2.36. The van der Waals surface area contributed by atoms with E-state index in [1.807, 2.05) is 0 Å². The molecular formula is C14H19ClFN3. The average molecular weight is 284 g/mol. The fourth-order valence-electron chi connectivity index (χ4n) is 3.48. The molecule has 104 valence electrons. The maximum Gasteiger partial charge on any atom is 0.167 e. The van der Waals surface area contributed by atoms with Crippen LogP contribution in [0.2, 0.25) is 5.02 Å². The smallest absolute Gasteiger partial charge is 0.167 e. The second kappa shape index (κ2) is 5.25. The summed E-state index contributed by atoms with van der Waals surface area (Å²) < 4.78 is 14.0. The van der Waals surface area contributed by atoms with E-state index >= 15 is 0 Å². The lowest BCUT2D eigenvalue weighted by molar-refractivity contribution is 0.346. The summed E-state index contributed by atoms with van der Waals surface area (Å²) in [6.07, 6.45) is 6.17. The summed E-state index contributed by atoms with van der Waals surface area (Å²) in [4.78, 5) is 6.29. The van der Waals surface area contributed by atoms with Gasteiger partial charge < -0.3 is 10.2 Å². The molecule has 0 saturated carbocycles. The first-order valence-corrected chi connectivity index (χ1v) is 7.39. The number of halogens is 2. The van der Waals surface area contributed by atoms with Crippen LogP contribution in [0.4, 0.5) is 10.2 Å². The third-order valence-corrected chi connectivity index (χ3v) is 4.50. The third-order valence-electron chi connectivity index (χ3n) is 4.29. The average Bonchev–Trinajstić information content (AvgIpc) is 2.72. The van der Waals surface area contributed by atoms with E-state index in [9.17, 15) is 4.39 Å². The Morgan fingerprint density at radius 2 is 2.11 bits per heavy atom. The van der Waals surface area contributed by atoms with Gasteiger partial charge in [0.25, 0.3) is 0 Å².